The van der Waals surface area contributed by atoms with Crippen molar-refractivity contribution in [3.63, 3.8) is 0 Å². The van der Waals surface area contributed by atoms with Gasteiger partial charge in [0.05, 0.1) is 24.8 Å². The summed E-state index contributed by atoms with van der Waals surface area (Å²) in [6.07, 6.45) is 0. The van der Waals surface area contributed by atoms with Crippen LogP contribution in [0.4, 0.5) is 5.69 Å². The molecule has 0 bridgehead atoms. The lowest BCUT2D eigenvalue weighted by Gasteiger charge is -2.15. The predicted molar refractivity (Wildman–Crippen MR) is 107 cm³/mol. The van der Waals surface area contributed by atoms with E-state index in [2.05, 4.69) is 6.58 Å². The monoisotopic (exact) mass is 387 g/mol. The molecular formula is C19H17NO4S2. The normalized spacial score (nSPS) is 13.9. The summed E-state index contributed by atoms with van der Waals surface area (Å²) in [5.41, 5.74) is 1.62. The van der Waals surface area contributed by atoms with Gasteiger partial charge in [-0.3, -0.25) is 9.69 Å². The number of anilines is 1. The smallest absolute Gasteiger partial charge is 0.270 e. The Morgan fingerprint density at radius 3 is 2.15 bits per heavy atom. The van der Waals surface area contributed by atoms with Crippen LogP contribution in [0.5, 0.6) is 17.2 Å². The summed E-state index contributed by atoms with van der Waals surface area (Å²) in [5, 5.41) is 0. The van der Waals surface area contributed by atoms with Crippen LogP contribution in [0, 0.1) is 0 Å². The maximum atomic E-state index is 12.1. The van der Waals surface area contributed by atoms with Gasteiger partial charge in [0.2, 0.25) is 0 Å². The maximum absolute atomic E-state index is 12.1. The molecule has 0 atom stereocenters. The molecule has 1 fully saturated rings. The second-order valence-corrected chi connectivity index (χ2v) is 7.16. The van der Waals surface area contributed by atoms with Gasteiger partial charge in [-0.05, 0) is 42.0 Å². The number of ether oxygens (including phenoxy) is 3. The molecule has 0 saturated carbocycles. The van der Waals surface area contributed by atoms with Crippen LogP contribution < -0.4 is 19.1 Å². The van der Waals surface area contributed by atoms with E-state index in [-0.39, 0.29) is 5.91 Å². The van der Waals surface area contributed by atoms with Crippen molar-refractivity contribution in [3.05, 3.63) is 59.5 Å². The third-order valence-corrected chi connectivity index (χ3v) is 4.96. The fourth-order valence-electron chi connectivity index (χ4n) is 2.43. The van der Waals surface area contributed by atoms with Crippen molar-refractivity contribution in [2.24, 2.45) is 0 Å². The molecule has 2 aromatic carbocycles. The summed E-state index contributed by atoms with van der Waals surface area (Å²) >= 11 is 6.43. The average molecular weight is 387 g/mol. The van der Waals surface area contributed by atoms with Gasteiger partial charge in [-0.15, -0.1) is 0 Å². The molecule has 0 N–H and O–H groups in total. The Hall–Kier alpha value is -2.51. The topological polar surface area (TPSA) is 48.0 Å². The summed E-state index contributed by atoms with van der Waals surface area (Å²) < 4.78 is 16.8. The molecule has 0 aromatic heterocycles. The van der Waals surface area contributed by atoms with Crippen LogP contribution in [-0.4, -0.2) is 24.4 Å². The van der Waals surface area contributed by atoms with E-state index >= 15 is 0 Å². The van der Waals surface area contributed by atoms with E-state index in [4.69, 9.17) is 26.4 Å². The zero-order valence-corrected chi connectivity index (χ0v) is 16.0. The second kappa shape index (κ2) is 7.80. The fourth-order valence-corrected chi connectivity index (χ4v) is 3.59. The lowest BCUT2D eigenvalue weighted by atomic mass is 10.2. The van der Waals surface area contributed by atoms with Crippen molar-refractivity contribution < 1.29 is 19.0 Å². The SMILES string of the molecule is C=C1SC(=S)N(c2ccc(OCc3cc(OC)cc(OC)c3)cc2)C1=O. The first-order valence-corrected chi connectivity index (χ1v) is 8.94. The van der Waals surface area contributed by atoms with Crippen LogP contribution in [0.15, 0.2) is 53.9 Å². The highest BCUT2D eigenvalue weighted by Gasteiger charge is 2.31. The highest BCUT2D eigenvalue weighted by molar-refractivity contribution is 8.27. The summed E-state index contributed by atoms with van der Waals surface area (Å²) in [7, 11) is 3.21. The zero-order valence-electron chi connectivity index (χ0n) is 14.4. The number of nitrogens with zero attached hydrogens (tertiary/aromatic N) is 1. The van der Waals surface area contributed by atoms with Gasteiger partial charge in [0.25, 0.3) is 5.91 Å². The summed E-state index contributed by atoms with van der Waals surface area (Å²) in [4.78, 5) is 14.0. The van der Waals surface area contributed by atoms with Gasteiger partial charge in [0.1, 0.15) is 23.9 Å². The first-order chi connectivity index (χ1) is 12.5. The molecular weight excluding hydrogens is 370 g/mol. The van der Waals surface area contributed by atoms with Crippen molar-refractivity contribution >= 4 is 39.9 Å². The van der Waals surface area contributed by atoms with E-state index < -0.39 is 0 Å². The number of rotatable bonds is 6. The van der Waals surface area contributed by atoms with E-state index in [1.807, 2.05) is 12.1 Å². The minimum Gasteiger partial charge on any atom is -0.497 e. The number of hydrogen-bond acceptors (Lipinski definition) is 6. The Balaban J connectivity index is 1.70. The van der Waals surface area contributed by atoms with Gasteiger partial charge in [-0.2, -0.15) is 0 Å². The minimum atomic E-state index is -0.183. The van der Waals surface area contributed by atoms with Crippen molar-refractivity contribution in [1.29, 1.82) is 0 Å². The van der Waals surface area contributed by atoms with Gasteiger partial charge in [0, 0.05) is 6.07 Å². The molecule has 0 radical (unpaired) electrons. The molecule has 134 valence electrons. The number of thiocarbonyl (C=S) groups is 1. The van der Waals surface area contributed by atoms with Gasteiger partial charge in [-0.25, -0.2) is 0 Å². The molecule has 7 heteroatoms. The van der Waals surface area contributed by atoms with Gasteiger partial charge in [0.15, 0.2) is 4.32 Å². The molecule has 5 nitrogen and oxygen atoms in total. The summed E-state index contributed by atoms with van der Waals surface area (Å²) in [6.45, 7) is 4.07. The van der Waals surface area contributed by atoms with Crippen molar-refractivity contribution in [3.8, 4) is 17.2 Å². The second-order valence-electron chi connectivity index (χ2n) is 5.44. The molecule has 1 aliphatic heterocycles. The number of benzene rings is 2. The maximum Gasteiger partial charge on any atom is 0.270 e. The first kappa shape index (κ1) is 18.3. The van der Waals surface area contributed by atoms with Crippen LogP contribution in [0.3, 0.4) is 0 Å². The van der Waals surface area contributed by atoms with Crippen LogP contribution >= 0.6 is 24.0 Å². The van der Waals surface area contributed by atoms with E-state index in [0.717, 1.165) is 5.56 Å². The van der Waals surface area contributed by atoms with Crippen LogP contribution in [0.2, 0.25) is 0 Å². The summed E-state index contributed by atoms with van der Waals surface area (Å²) in [5.74, 6) is 1.91. The third kappa shape index (κ3) is 3.84. The van der Waals surface area contributed by atoms with E-state index in [0.29, 0.717) is 38.8 Å². The van der Waals surface area contributed by atoms with Crippen LogP contribution in [0.25, 0.3) is 0 Å². The third-order valence-electron chi connectivity index (χ3n) is 3.75. The molecule has 1 aliphatic rings. The Morgan fingerprint density at radius 2 is 1.65 bits per heavy atom. The molecule has 3 rings (SSSR count). The number of carbonyl (C=O) groups is 1. The highest BCUT2D eigenvalue weighted by atomic mass is 32.2. The standard InChI is InChI=1S/C19H17NO4S2/c1-12-18(21)20(19(25)26-12)14-4-6-15(7-5-14)24-11-13-8-16(22-2)10-17(9-13)23-3/h4-10H,1,11H2,2-3H3. The molecule has 26 heavy (non-hydrogen) atoms. The van der Waals surface area contributed by atoms with Gasteiger partial charge < -0.3 is 14.2 Å². The quantitative estimate of drug-likeness (QED) is 0.548. The number of thioether (sulfide) groups is 1. The van der Waals surface area contributed by atoms with Crippen molar-refractivity contribution in [2.45, 2.75) is 6.61 Å². The largest absolute Gasteiger partial charge is 0.497 e. The lowest BCUT2D eigenvalue weighted by molar-refractivity contribution is -0.113. The molecule has 0 unspecified atom stereocenters. The molecule has 2 aromatic rings. The van der Waals surface area contributed by atoms with Gasteiger partial charge in [-0.1, -0.05) is 30.6 Å². The first-order valence-electron chi connectivity index (χ1n) is 7.72. The van der Waals surface area contributed by atoms with Crippen molar-refractivity contribution in [1.82, 2.24) is 0 Å². The number of methoxy groups -OCH3 is 2. The average Bonchev–Trinajstić information content (AvgIpc) is 2.92. The van der Waals surface area contributed by atoms with Crippen molar-refractivity contribution in [2.75, 3.05) is 19.1 Å². The fraction of sp³-hybridized carbons (Fsp3) is 0.158. The molecule has 1 heterocycles. The van der Waals surface area contributed by atoms with E-state index in [9.17, 15) is 4.79 Å². The predicted octanol–water partition coefficient (Wildman–Crippen LogP) is 4.16. The van der Waals surface area contributed by atoms with Crippen LogP contribution in [-0.2, 0) is 11.4 Å². The van der Waals surface area contributed by atoms with Crippen LogP contribution in [0.1, 0.15) is 5.56 Å². The number of hydrogen-bond donors (Lipinski definition) is 0. The summed E-state index contributed by atoms with van der Waals surface area (Å²) in [6, 6.07) is 12.8. The number of amides is 1. The minimum absolute atomic E-state index is 0.183. The lowest BCUT2D eigenvalue weighted by Crippen LogP contribution is -2.27. The molecule has 1 amide bonds. The zero-order chi connectivity index (χ0) is 18.7. The molecule has 0 spiro atoms. The highest BCUT2D eigenvalue weighted by Crippen LogP contribution is 2.34. The van der Waals surface area contributed by atoms with E-state index in [1.165, 1.54) is 16.7 Å². The Morgan fingerprint density at radius 1 is 1.04 bits per heavy atom. The molecule has 1 saturated heterocycles. The Kier molecular flexibility index (Phi) is 5.49. The van der Waals surface area contributed by atoms with Gasteiger partial charge >= 0.3 is 0 Å². The number of carbonyl (C=O) groups excluding carboxylic acids is 1. The molecule has 0 aliphatic carbocycles. The Labute approximate surface area is 161 Å². The van der Waals surface area contributed by atoms with E-state index in [1.54, 1.807) is 44.6 Å². The Bertz CT molecular complexity index is 842.